The number of hydrogen-bond acceptors (Lipinski definition) is 4. The van der Waals surface area contributed by atoms with Gasteiger partial charge in [0.2, 0.25) is 0 Å². The third kappa shape index (κ3) is 3.75. The predicted molar refractivity (Wildman–Crippen MR) is 87.4 cm³/mol. The lowest BCUT2D eigenvalue weighted by Crippen LogP contribution is -2.03. The molecule has 0 spiro atoms. The maximum Gasteiger partial charge on any atom is 0.179 e. The highest BCUT2D eigenvalue weighted by molar-refractivity contribution is 7.90. The number of methoxy groups -OCH3 is 1. The smallest absolute Gasteiger partial charge is 0.179 e. The van der Waals surface area contributed by atoms with Gasteiger partial charge in [-0.2, -0.15) is 0 Å². The molecule has 0 bridgehead atoms. The minimum absolute atomic E-state index is 0.139. The third-order valence-corrected chi connectivity index (χ3v) is 5.94. The molecule has 0 saturated carbocycles. The van der Waals surface area contributed by atoms with Crippen molar-refractivity contribution in [1.29, 1.82) is 0 Å². The van der Waals surface area contributed by atoms with E-state index >= 15 is 0 Å². The Morgan fingerprint density at radius 1 is 1.14 bits per heavy atom. The highest BCUT2D eigenvalue weighted by Crippen LogP contribution is 2.26. The van der Waals surface area contributed by atoms with E-state index in [1.807, 2.05) is 31.2 Å². The number of rotatable bonds is 5. The van der Waals surface area contributed by atoms with Crippen molar-refractivity contribution < 1.29 is 17.4 Å². The predicted octanol–water partition coefficient (Wildman–Crippen LogP) is 2.71. The maximum atomic E-state index is 12.5. The van der Waals surface area contributed by atoms with Crippen molar-refractivity contribution in [2.45, 2.75) is 22.5 Å². The molecule has 1 atom stereocenters. The Kier molecular flexibility index (Phi) is 5.03. The number of benzene rings is 2. The van der Waals surface area contributed by atoms with Crippen LogP contribution in [0, 0.1) is 6.92 Å². The van der Waals surface area contributed by atoms with Gasteiger partial charge in [0.1, 0.15) is 10.6 Å². The molecule has 0 aliphatic carbocycles. The van der Waals surface area contributed by atoms with E-state index in [4.69, 9.17) is 4.74 Å². The van der Waals surface area contributed by atoms with Crippen LogP contribution in [0.2, 0.25) is 0 Å². The lowest BCUT2D eigenvalue weighted by atomic mass is 10.2. The zero-order valence-electron chi connectivity index (χ0n) is 12.7. The van der Waals surface area contributed by atoms with Crippen LogP contribution in [0.1, 0.15) is 11.1 Å². The summed E-state index contributed by atoms with van der Waals surface area (Å²) in [7, 11) is -3.12. The first-order chi connectivity index (χ1) is 10.3. The number of sulfone groups is 1. The summed E-state index contributed by atoms with van der Waals surface area (Å²) in [5.41, 5.74) is 1.74. The summed E-state index contributed by atoms with van der Waals surface area (Å²) in [6.45, 7) is 1.92. The fraction of sp³-hybridized carbons (Fsp3) is 0.250. The molecule has 0 aliphatic heterocycles. The van der Waals surface area contributed by atoms with Gasteiger partial charge >= 0.3 is 0 Å². The summed E-state index contributed by atoms with van der Waals surface area (Å²) in [4.78, 5) is 0.925. The lowest BCUT2D eigenvalue weighted by Gasteiger charge is -2.10. The first kappa shape index (κ1) is 16.7. The quantitative estimate of drug-likeness (QED) is 0.841. The molecule has 2 rings (SSSR count). The molecule has 0 radical (unpaired) electrons. The van der Waals surface area contributed by atoms with Crippen LogP contribution in [0.15, 0.2) is 52.3 Å². The monoisotopic (exact) mass is 338 g/mol. The average Bonchev–Trinajstić information content (AvgIpc) is 2.46. The molecule has 0 saturated heterocycles. The molecule has 0 unspecified atom stereocenters. The standard InChI is InChI=1S/C16H18O4S2/c1-12-6-4-5-7-15(12)21(17)11-13-8-9-16(22(3,18)19)14(10-13)20-2/h4-10H,11H2,1-3H3/t21-/m0/s1. The lowest BCUT2D eigenvalue weighted by molar-refractivity contribution is 0.402. The first-order valence-electron chi connectivity index (χ1n) is 6.64. The Labute approximate surface area is 133 Å². The Morgan fingerprint density at radius 2 is 1.82 bits per heavy atom. The molecule has 4 nitrogen and oxygen atoms in total. The van der Waals surface area contributed by atoms with Crippen molar-refractivity contribution in [1.82, 2.24) is 0 Å². The SMILES string of the molecule is COc1cc(C[S@](=O)c2ccccc2C)ccc1S(C)(=O)=O. The first-order valence-corrected chi connectivity index (χ1v) is 9.85. The van der Waals surface area contributed by atoms with E-state index in [-0.39, 0.29) is 10.6 Å². The van der Waals surface area contributed by atoms with Crippen LogP contribution >= 0.6 is 0 Å². The molecular weight excluding hydrogens is 320 g/mol. The van der Waals surface area contributed by atoms with Crippen LogP contribution in [-0.2, 0) is 26.4 Å². The zero-order valence-corrected chi connectivity index (χ0v) is 14.3. The molecule has 22 heavy (non-hydrogen) atoms. The molecule has 118 valence electrons. The summed E-state index contributed by atoms with van der Waals surface area (Å²) in [5, 5.41) is 0. The van der Waals surface area contributed by atoms with Crippen molar-refractivity contribution in [3.05, 3.63) is 53.6 Å². The highest BCUT2D eigenvalue weighted by Gasteiger charge is 2.16. The van der Waals surface area contributed by atoms with E-state index in [1.54, 1.807) is 12.1 Å². The summed E-state index contributed by atoms with van der Waals surface area (Å²) < 4.78 is 41.0. The van der Waals surface area contributed by atoms with Crippen molar-refractivity contribution in [3.63, 3.8) is 0 Å². The van der Waals surface area contributed by atoms with Gasteiger partial charge < -0.3 is 4.74 Å². The van der Waals surface area contributed by atoms with Gasteiger partial charge in [0.15, 0.2) is 9.84 Å². The number of aryl methyl sites for hydroxylation is 1. The topological polar surface area (TPSA) is 60.4 Å². The van der Waals surface area contributed by atoms with Gasteiger partial charge in [-0.15, -0.1) is 0 Å². The molecule has 0 aromatic heterocycles. The summed E-state index contributed by atoms with van der Waals surface area (Å²) in [6, 6.07) is 12.3. The number of ether oxygens (including phenoxy) is 1. The Hall–Kier alpha value is -1.66. The van der Waals surface area contributed by atoms with Gasteiger partial charge in [-0.3, -0.25) is 4.21 Å². The molecule has 0 N–H and O–H groups in total. The highest BCUT2D eigenvalue weighted by atomic mass is 32.2. The zero-order chi connectivity index (χ0) is 16.3. The summed E-state index contributed by atoms with van der Waals surface area (Å²) >= 11 is 0. The average molecular weight is 338 g/mol. The van der Waals surface area contributed by atoms with E-state index in [0.717, 1.165) is 22.3 Å². The van der Waals surface area contributed by atoms with Crippen molar-refractivity contribution >= 4 is 20.6 Å². The molecular formula is C16H18O4S2. The van der Waals surface area contributed by atoms with Crippen LogP contribution in [-0.4, -0.2) is 26.0 Å². The minimum Gasteiger partial charge on any atom is -0.495 e. The van der Waals surface area contributed by atoms with Crippen molar-refractivity contribution in [2.75, 3.05) is 13.4 Å². The molecule has 6 heteroatoms. The summed E-state index contributed by atoms with van der Waals surface area (Å²) in [6.07, 6.45) is 1.13. The van der Waals surface area contributed by atoms with Crippen molar-refractivity contribution in [2.24, 2.45) is 0 Å². The second kappa shape index (κ2) is 6.62. The normalized spacial score (nSPS) is 12.9. The van der Waals surface area contributed by atoms with E-state index in [0.29, 0.717) is 5.75 Å². The van der Waals surface area contributed by atoms with Gasteiger partial charge in [0.05, 0.1) is 23.7 Å². The summed E-state index contributed by atoms with van der Waals surface area (Å²) in [5.74, 6) is 0.590. The van der Waals surface area contributed by atoms with Crippen LogP contribution < -0.4 is 4.74 Å². The fourth-order valence-electron chi connectivity index (χ4n) is 2.15. The molecule has 0 aliphatic rings. The van der Waals surface area contributed by atoms with Crippen molar-refractivity contribution in [3.8, 4) is 5.75 Å². The molecule has 0 amide bonds. The maximum absolute atomic E-state index is 12.5. The van der Waals surface area contributed by atoms with Crippen LogP contribution in [0.3, 0.4) is 0 Å². The minimum atomic E-state index is -3.35. The molecule has 0 fully saturated rings. The van der Waals surface area contributed by atoms with Gasteiger partial charge in [-0.05, 0) is 36.2 Å². The third-order valence-electron chi connectivity index (χ3n) is 3.26. The van der Waals surface area contributed by atoms with Crippen LogP contribution in [0.5, 0.6) is 5.75 Å². The van der Waals surface area contributed by atoms with Gasteiger partial charge in [0, 0.05) is 11.2 Å². The molecule has 0 heterocycles. The van der Waals surface area contributed by atoms with E-state index in [9.17, 15) is 12.6 Å². The Bertz CT molecular complexity index is 811. The largest absolute Gasteiger partial charge is 0.495 e. The molecule has 2 aromatic rings. The fourth-order valence-corrected chi connectivity index (χ4v) is 4.27. The second-order valence-electron chi connectivity index (χ2n) is 5.01. The van der Waals surface area contributed by atoms with E-state index in [2.05, 4.69) is 0 Å². The van der Waals surface area contributed by atoms with Crippen LogP contribution in [0.25, 0.3) is 0 Å². The Balaban J connectivity index is 2.32. The van der Waals surface area contributed by atoms with Crippen LogP contribution in [0.4, 0.5) is 0 Å². The van der Waals surface area contributed by atoms with Gasteiger partial charge in [0.25, 0.3) is 0 Å². The second-order valence-corrected chi connectivity index (χ2v) is 8.42. The Morgan fingerprint density at radius 3 is 2.41 bits per heavy atom. The van der Waals surface area contributed by atoms with Gasteiger partial charge in [-0.1, -0.05) is 24.3 Å². The number of hydrogen-bond donors (Lipinski definition) is 0. The van der Waals surface area contributed by atoms with E-state index < -0.39 is 20.6 Å². The van der Waals surface area contributed by atoms with Gasteiger partial charge in [-0.25, -0.2) is 8.42 Å². The molecule has 2 aromatic carbocycles. The van der Waals surface area contributed by atoms with E-state index in [1.165, 1.54) is 13.2 Å².